The van der Waals surface area contributed by atoms with Gasteiger partial charge >= 0.3 is 0 Å². The fraction of sp³-hybridized carbons (Fsp3) is 0.250. The molecule has 11 heavy (non-hydrogen) atoms. The lowest BCUT2D eigenvalue weighted by molar-refractivity contribution is 1.25. The zero-order valence-electron chi connectivity index (χ0n) is 5.73. The summed E-state index contributed by atoms with van der Waals surface area (Å²) in [7, 11) is 0. The Morgan fingerprint density at radius 1 is 1.27 bits per heavy atom. The van der Waals surface area contributed by atoms with Crippen LogP contribution in [0.3, 0.4) is 0 Å². The molecule has 0 atom stereocenters. The molecule has 0 N–H and O–H groups in total. The van der Waals surface area contributed by atoms with Crippen molar-refractivity contribution in [1.29, 1.82) is 0 Å². The largest absolute Gasteiger partial charge is 0.133 e. The molecule has 0 bridgehead atoms. The minimum atomic E-state index is -0.427. The maximum atomic E-state index is 5.73. The second-order valence-electron chi connectivity index (χ2n) is 2.13. The van der Waals surface area contributed by atoms with Crippen LogP contribution in [0.4, 0.5) is 0 Å². The quantitative estimate of drug-likeness (QED) is 0.698. The average molecular weight is 254 g/mol. The van der Waals surface area contributed by atoms with Crippen LogP contribution >= 0.6 is 39.1 Å². The zero-order chi connectivity index (χ0) is 8.27. The number of hydrogen-bond acceptors (Lipinski definition) is 0. The third-order valence-electron chi connectivity index (χ3n) is 1.43. The highest BCUT2D eigenvalue weighted by Crippen LogP contribution is 2.28. The summed E-state index contributed by atoms with van der Waals surface area (Å²) in [5, 5.41) is 0.791. The Morgan fingerprint density at radius 3 is 2.36 bits per heavy atom. The van der Waals surface area contributed by atoms with E-state index in [0.29, 0.717) is 0 Å². The summed E-state index contributed by atoms with van der Waals surface area (Å²) < 4.78 is 0. The Balaban J connectivity index is 3.02. The number of rotatable bonds is 2. The molecule has 0 aliphatic carbocycles. The van der Waals surface area contributed by atoms with Crippen LogP contribution in [0.5, 0.6) is 0 Å². The van der Waals surface area contributed by atoms with E-state index in [-0.39, 0.29) is 0 Å². The predicted octanol–water partition coefficient (Wildman–Crippen LogP) is 4.06. The number of benzene rings is 1. The molecule has 0 aliphatic heterocycles. The van der Waals surface area contributed by atoms with Gasteiger partial charge in [0.15, 0.2) is 0 Å². The van der Waals surface area contributed by atoms with Gasteiger partial charge in [-0.3, -0.25) is 0 Å². The maximum absolute atomic E-state index is 5.73. The maximum Gasteiger partial charge on any atom is 0.133 e. The Labute approximate surface area is 84.6 Å². The molecule has 3 heteroatoms. The van der Waals surface area contributed by atoms with E-state index in [1.54, 1.807) is 0 Å². The van der Waals surface area contributed by atoms with Crippen molar-refractivity contribution in [3.8, 4) is 0 Å². The molecule has 60 valence electrons. The van der Waals surface area contributed by atoms with Gasteiger partial charge in [0, 0.05) is 5.33 Å². The first-order chi connectivity index (χ1) is 5.25. The van der Waals surface area contributed by atoms with E-state index in [9.17, 15) is 0 Å². The third-order valence-corrected chi connectivity index (χ3v) is 2.51. The van der Waals surface area contributed by atoms with E-state index >= 15 is 0 Å². The summed E-state index contributed by atoms with van der Waals surface area (Å²) in [4.78, 5) is -0.427. The Kier molecular flexibility index (Phi) is 3.70. The molecule has 0 unspecified atom stereocenters. The molecular weight excluding hydrogens is 247 g/mol. The molecule has 0 aliphatic rings. The van der Waals surface area contributed by atoms with Crippen LogP contribution in [0.25, 0.3) is 0 Å². The summed E-state index contributed by atoms with van der Waals surface area (Å²) in [5.74, 6) is 0. The highest BCUT2D eigenvalue weighted by atomic mass is 79.9. The summed E-state index contributed by atoms with van der Waals surface area (Å²) in [6.45, 7) is 0. The molecule has 0 fully saturated rings. The molecule has 0 radical (unpaired) electrons. The highest BCUT2D eigenvalue weighted by Gasteiger charge is 2.06. The summed E-state index contributed by atoms with van der Waals surface area (Å²) >= 11 is 14.8. The van der Waals surface area contributed by atoms with Crippen molar-refractivity contribution >= 4 is 39.1 Å². The molecule has 0 aromatic heterocycles. The van der Waals surface area contributed by atoms with Crippen LogP contribution in [0.1, 0.15) is 16.0 Å². The van der Waals surface area contributed by atoms with Crippen LogP contribution < -0.4 is 0 Å². The summed E-state index contributed by atoms with van der Waals surface area (Å²) in [6.07, 6.45) is 0. The zero-order valence-corrected chi connectivity index (χ0v) is 8.83. The van der Waals surface area contributed by atoms with Gasteiger partial charge < -0.3 is 0 Å². The first kappa shape index (κ1) is 9.37. The van der Waals surface area contributed by atoms with Crippen molar-refractivity contribution < 1.29 is 0 Å². The molecule has 0 spiro atoms. The van der Waals surface area contributed by atoms with Gasteiger partial charge in [0.1, 0.15) is 4.84 Å². The van der Waals surface area contributed by atoms with Crippen LogP contribution in [0.2, 0.25) is 0 Å². The van der Waals surface area contributed by atoms with Gasteiger partial charge in [-0.15, -0.1) is 23.2 Å². The molecule has 1 rings (SSSR count). The van der Waals surface area contributed by atoms with E-state index in [2.05, 4.69) is 15.9 Å². The van der Waals surface area contributed by atoms with Gasteiger partial charge in [-0.1, -0.05) is 40.2 Å². The van der Waals surface area contributed by atoms with Crippen molar-refractivity contribution in [3.05, 3.63) is 35.4 Å². The minimum Gasteiger partial charge on any atom is -0.100 e. The second-order valence-corrected chi connectivity index (χ2v) is 3.79. The van der Waals surface area contributed by atoms with Gasteiger partial charge in [0.05, 0.1) is 0 Å². The molecule has 0 heterocycles. The van der Waals surface area contributed by atoms with Crippen LogP contribution in [0, 0.1) is 0 Å². The summed E-state index contributed by atoms with van der Waals surface area (Å²) in [6, 6.07) is 7.83. The van der Waals surface area contributed by atoms with Crippen molar-refractivity contribution in [1.82, 2.24) is 0 Å². The molecular formula is C8H7BrCl2. The average Bonchev–Trinajstić information content (AvgIpc) is 2.04. The fourth-order valence-corrected chi connectivity index (χ4v) is 1.81. The van der Waals surface area contributed by atoms with Gasteiger partial charge in [-0.2, -0.15) is 0 Å². The van der Waals surface area contributed by atoms with Crippen LogP contribution in [0.15, 0.2) is 24.3 Å². The normalized spacial score (nSPS) is 10.5. The molecule has 1 aromatic carbocycles. The lowest BCUT2D eigenvalue weighted by atomic mass is 10.1. The van der Waals surface area contributed by atoms with Crippen LogP contribution in [-0.2, 0) is 5.33 Å². The Hall–Kier alpha value is 0.280. The van der Waals surface area contributed by atoms with Crippen molar-refractivity contribution in [2.45, 2.75) is 10.2 Å². The lowest BCUT2D eigenvalue weighted by Crippen LogP contribution is -1.88. The van der Waals surface area contributed by atoms with E-state index in [0.717, 1.165) is 16.5 Å². The first-order valence-electron chi connectivity index (χ1n) is 3.17. The van der Waals surface area contributed by atoms with Gasteiger partial charge in [0.25, 0.3) is 0 Å². The summed E-state index contributed by atoms with van der Waals surface area (Å²) in [5.41, 5.74) is 2.12. The Morgan fingerprint density at radius 2 is 1.91 bits per heavy atom. The lowest BCUT2D eigenvalue weighted by Gasteiger charge is -2.05. The van der Waals surface area contributed by atoms with Gasteiger partial charge in [-0.25, -0.2) is 0 Å². The van der Waals surface area contributed by atoms with Crippen molar-refractivity contribution in [2.75, 3.05) is 0 Å². The van der Waals surface area contributed by atoms with Gasteiger partial charge in [0.2, 0.25) is 0 Å². The number of halogens is 3. The third kappa shape index (κ3) is 2.36. The Bertz CT molecular complexity index is 235. The van der Waals surface area contributed by atoms with Crippen LogP contribution in [-0.4, -0.2) is 0 Å². The SMILES string of the molecule is ClC(Cl)c1ccccc1CBr. The van der Waals surface area contributed by atoms with E-state index < -0.39 is 4.84 Å². The van der Waals surface area contributed by atoms with E-state index in [1.807, 2.05) is 24.3 Å². The molecule has 1 aromatic rings. The molecule has 0 saturated heterocycles. The van der Waals surface area contributed by atoms with E-state index in [1.165, 1.54) is 0 Å². The highest BCUT2D eigenvalue weighted by molar-refractivity contribution is 9.08. The first-order valence-corrected chi connectivity index (χ1v) is 5.17. The topological polar surface area (TPSA) is 0 Å². The predicted molar refractivity (Wildman–Crippen MR) is 53.5 cm³/mol. The number of alkyl halides is 3. The molecule has 0 saturated carbocycles. The monoisotopic (exact) mass is 252 g/mol. The molecule has 0 amide bonds. The van der Waals surface area contributed by atoms with Crippen molar-refractivity contribution in [3.63, 3.8) is 0 Å². The van der Waals surface area contributed by atoms with Crippen molar-refractivity contribution in [2.24, 2.45) is 0 Å². The second kappa shape index (κ2) is 4.34. The van der Waals surface area contributed by atoms with Gasteiger partial charge in [-0.05, 0) is 11.1 Å². The standard InChI is InChI=1S/C8H7BrCl2/c9-5-6-3-1-2-4-7(6)8(10)11/h1-4,8H,5H2. The number of hydrogen-bond donors (Lipinski definition) is 0. The molecule has 0 nitrogen and oxygen atoms in total. The minimum absolute atomic E-state index is 0.427. The smallest absolute Gasteiger partial charge is 0.100 e. The fourth-order valence-electron chi connectivity index (χ4n) is 0.869. The van der Waals surface area contributed by atoms with E-state index in [4.69, 9.17) is 23.2 Å².